The summed E-state index contributed by atoms with van der Waals surface area (Å²) in [5.41, 5.74) is 2.08. The Hall–Kier alpha value is -3.32. The molecule has 1 fully saturated rings. The highest BCUT2D eigenvalue weighted by atomic mass is 35.5. The number of hydrogen-bond donors (Lipinski definition) is 1. The normalized spacial score (nSPS) is 16.1. The third-order valence-electron chi connectivity index (χ3n) is 6.00. The first-order chi connectivity index (χ1) is 19.3. The van der Waals surface area contributed by atoms with Gasteiger partial charge in [0.25, 0.3) is 5.91 Å². The fourth-order valence-corrected chi connectivity index (χ4v) is 6.91. The maximum Gasteiger partial charge on any atom is 0.270 e. The Morgan fingerprint density at radius 1 is 1.05 bits per heavy atom. The number of hydrogen-bond acceptors (Lipinski definition) is 6. The molecule has 0 aliphatic carbocycles. The maximum atomic E-state index is 13.7. The molecule has 0 bridgehead atoms. The molecule has 0 saturated carbocycles. The van der Waals surface area contributed by atoms with E-state index in [1.807, 2.05) is 30.3 Å². The Kier molecular flexibility index (Phi) is 8.79. The summed E-state index contributed by atoms with van der Waals surface area (Å²) in [6.07, 6.45) is 2.55. The van der Waals surface area contributed by atoms with Crippen LogP contribution in [0.15, 0.2) is 89.6 Å². The second kappa shape index (κ2) is 12.5. The fraction of sp³-hybridized carbons (Fsp3) is 0.103. The zero-order valence-electron chi connectivity index (χ0n) is 20.6. The monoisotopic (exact) mass is 624 g/mol. The number of aromatic nitrogens is 1. The lowest BCUT2D eigenvalue weighted by atomic mass is 10.1. The van der Waals surface area contributed by atoms with E-state index in [2.05, 4.69) is 10.3 Å². The van der Waals surface area contributed by atoms with E-state index in [0.717, 1.165) is 22.2 Å². The summed E-state index contributed by atoms with van der Waals surface area (Å²) in [4.78, 5) is 33.6. The quantitative estimate of drug-likeness (QED) is 0.168. The van der Waals surface area contributed by atoms with Gasteiger partial charge in [0.2, 0.25) is 5.91 Å². The molecule has 3 aromatic carbocycles. The van der Waals surface area contributed by atoms with Gasteiger partial charge in [0.05, 0.1) is 15.3 Å². The van der Waals surface area contributed by atoms with Gasteiger partial charge in [-0.2, -0.15) is 5.26 Å². The first kappa shape index (κ1) is 28.2. The lowest BCUT2D eigenvalue weighted by Crippen LogP contribution is -2.30. The molecule has 0 unspecified atom stereocenters. The standard InChI is InChI=1S/C29H19Cl3N4O2S2/c30-19-8-4-6-17(12-19)13-21-16-34-29(39-21)35-26(37)22(15-33)28-36(20-9-2-1-3-10-20)27(38)24(40-28)14-18-7-5-11-23(31)25(18)32/h1-12,16,24H,13-14H2,(H,34,35,37)/b28-22-/t24-/m0/s1. The van der Waals surface area contributed by atoms with Gasteiger partial charge in [-0.25, -0.2) is 4.98 Å². The van der Waals surface area contributed by atoms with E-state index in [-0.39, 0.29) is 22.9 Å². The molecule has 6 nitrogen and oxygen atoms in total. The summed E-state index contributed by atoms with van der Waals surface area (Å²) in [5, 5.41) is 14.2. The second-order valence-corrected chi connectivity index (χ2v) is 12.2. The van der Waals surface area contributed by atoms with Crippen LogP contribution in [0.1, 0.15) is 16.0 Å². The number of amides is 2. The van der Waals surface area contributed by atoms with Crippen molar-refractivity contribution in [3.8, 4) is 6.07 Å². The summed E-state index contributed by atoms with van der Waals surface area (Å²) >= 11 is 21.1. The fourth-order valence-electron chi connectivity index (χ4n) is 4.16. The molecule has 1 atom stereocenters. The van der Waals surface area contributed by atoms with E-state index in [1.165, 1.54) is 16.2 Å². The van der Waals surface area contributed by atoms with Crippen LogP contribution < -0.4 is 10.2 Å². The summed E-state index contributed by atoms with van der Waals surface area (Å²) in [7, 11) is 0. The predicted molar refractivity (Wildman–Crippen MR) is 163 cm³/mol. The number of benzene rings is 3. The average molecular weight is 626 g/mol. The van der Waals surface area contributed by atoms with Crippen molar-refractivity contribution in [3.05, 3.63) is 121 Å². The van der Waals surface area contributed by atoms with Crippen LogP contribution in [-0.2, 0) is 22.4 Å². The van der Waals surface area contributed by atoms with Crippen LogP contribution in [-0.4, -0.2) is 22.0 Å². The third kappa shape index (κ3) is 6.20. The van der Waals surface area contributed by atoms with Gasteiger partial charge in [0.1, 0.15) is 16.7 Å². The molecule has 0 spiro atoms. The molecular weight excluding hydrogens is 607 g/mol. The number of para-hydroxylation sites is 1. The summed E-state index contributed by atoms with van der Waals surface area (Å²) in [6, 6.07) is 23.7. The molecule has 2 amide bonds. The number of rotatable bonds is 7. The Balaban J connectivity index is 1.43. The minimum Gasteiger partial charge on any atom is -0.297 e. The van der Waals surface area contributed by atoms with Gasteiger partial charge < -0.3 is 0 Å². The van der Waals surface area contributed by atoms with Gasteiger partial charge in [-0.15, -0.1) is 11.3 Å². The van der Waals surface area contributed by atoms with E-state index in [0.29, 0.717) is 37.9 Å². The topological polar surface area (TPSA) is 86.1 Å². The van der Waals surface area contributed by atoms with Crippen molar-refractivity contribution in [1.29, 1.82) is 5.26 Å². The molecule has 0 radical (unpaired) electrons. The number of thioether (sulfide) groups is 1. The molecule has 1 N–H and O–H groups in total. The van der Waals surface area contributed by atoms with E-state index in [1.54, 1.807) is 54.7 Å². The van der Waals surface area contributed by atoms with Crippen LogP contribution >= 0.6 is 57.9 Å². The molecule has 11 heteroatoms. The second-order valence-electron chi connectivity index (χ2n) is 8.72. The molecule has 1 aliphatic heterocycles. The van der Waals surface area contributed by atoms with Crippen molar-refractivity contribution < 1.29 is 9.59 Å². The van der Waals surface area contributed by atoms with Crippen LogP contribution in [0.2, 0.25) is 15.1 Å². The number of thiazole rings is 1. The van der Waals surface area contributed by atoms with Gasteiger partial charge >= 0.3 is 0 Å². The van der Waals surface area contributed by atoms with Crippen molar-refractivity contribution in [2.24, 2.45) is 0 Å². The number of halogens is 3. The van der Waals surface area contributed by atoms with E-state index < -0.39 is 11.2 Å². The SMILES string of the molecule is N#C/C(C(=O)Nc1ncc(Cc2cccc(Cl)c2)s1)=C1/S[C@@H](Cc2cccc(Cl)c2Cl)C(=O)N1c1ccccc1. The van der Waals surface area contributed by atoms with Crippen molar-refractivity contribution >= 4 is 80.5 Å². The van der Waals surface area contributed by atoms with E-state index in [4.69, 9.17) is 34.8 Å². The smallest absolute Gasteiger partial charge is 0.270 e. The number of nitriles is 1. The van der Waals surface area contributed by atoms with E-state index >= 15 is 0 Å². The van der Waals surface area contributed by atoms with Crippen molar-refractivity contribution in [2.75, 3.05) is 10.2 Å². The molecule has 4 aromatic rings. The average Bonchev–Trinajstić information content (AvgIpc) is 3.51. The number of carbonyl (C=O) groups is 2. The molecule has 1 aliphatic rings. The predicted octanol–water partition coefficient (Wildman–Crippen LogP) is 7.76. The number of nitrogens with zero attached hydrogens (tertiary/aromatic N) is 3. The van der Waals surface area contributed by atoms with Crippen molar-refractivity contribution in [2.45, 2.75) is 18.1 Å². The number of nitrogens with one attached hydrogen (secondary N) is 1. The molecule has 5 rings (SSSR count). The highest BCUT2D eigenvalue weighted by Gasteiger charge is 2.41. The highest BCUT2D eigenvalue weighted by molar-refractivity contribution is 8.05. The van der Waals surface area contributed by atoms with Gasteiger partial charge in [0.15, 0.2) is 5.13 Å². The van der Waals surface area contributed by atoms with Gasteiger partial charge in [-0.05, 0) is 47.9 Å². The van der Waals surface area contributed by atoms with Crippen LogP contribution in [0, 0.1) is 11.3 Å². The minimum absolute atomic E-state index is 0.187. The lowest BCUT2D eigenvalue weighted by Gasteiger charge is -2.18. The lowest BCUT2D eigenvalue weighted by molar-refractivity contribution is -0.117. The Bertz CT molecular complexity index is 1670. The zero-order chi connectivity index (χ0) is 28.2. The van der Waals surface area contributed by atoms with Crippen LogP contribution in [0.3, 0.4) is 0 Å². The van der Waals surface area contributed by atoms with Gasteiger partial charge in [-0.1, -0.05) is 89.0 Å². The first-order valence-electron chi connectivity index (χ1n) is 12.0. The largest absolute Gasteiger partial charge is 0.297 e. The molecule has 200 valence electrons. The third-order valence-corrected chi connectivity index (χ3v) is 9.27. The van der Waals surface area contributed by atoms with Gasteiger partial charge in [-0.3, -0.25) is 19.8 Å². The Labute approximate surface area is 254 Å². The molecule has 1 aromatic heterocycles. The van der Waals surface area contributed by atoms with Crippen LogP contribution in [0.25, 0.3) is 0 Å². The summed E-state index contributed by atoms with van der Waals surface area (Å²) in [5.74, 6) is -0.912. The summed E-state index contributed by atoms with van der Waals surface area (Å²) < 4.78 is 0. The molecule has 1 saturated heterocycles. The number of anilines is 2. The minimum atomic E-state index is -0.649. The first-order valence-corrected chi connectivity index (χ1v) is 14.8. The maximum absolute atomic E-state index is 13.7. The Morgan fingerprint density at radius 3 is 2.58 bits per heavy atom. The van der Waals surface area contributed by atoms with Crippen LogP contribution in [0.4, 0.5) is 10.8 Å². The number of carbonyl (C=O) groups excluding carboxylic acids is 2. The van der Waals surface area contributed by atoms with Crippen molar-refractivity contribution in [3.63, 3.8) is 0 Å². The molecular formula is C29H19Cl3N4O2S2. The van der Waals surface area contributed by atoms with Crippen molar-refractivity contribution in [1.82, 2.24) is 4.98 Å². The molecule has 40 heavy (non-hydrogen) atoms. The van der Waals surface area contributed by atoms with Crippen LogP contribution in [0.5, 0.6) is 0 Å². The molecule has 2 heterocycles. The zero-order valence-corrected chi connectivity index (χ0v) is 24.5. The van der Waals surface area contributed by atoms with Gasteiger partial charge in [0, 0.05) is 28.2 Å². The highest BCUT2D eigenvalue weighted by Crippen LogP contribution is 2.43. The van der Waals surface area contributed by atoms with E-state index in [9.17, 15) is 14.9 Å². The Morgan fingerprint density at radius 2 is 1.82 bits per heavy atom. The summed E-state index contributed by atoms with van der Waals surface area (Å²) in [6.45, 7) is 0.